The van der Waals surface area contributed by atoms with Crippen LogP contribution in [0.2, 0.25) is 0 Å². The first-order valence-corrected chi connectivity index (χ1v) is 12.9. The van der Waals surface area contributed by atoms with Crippen LogP contribution < -0.4 is 0 Å². The predicted octanol–water partition coefficient (Wildman–Crippen LogP) is 4.38. The number of carbonyl (C=O) groups excluding carboxylic acids is 2. The molecule has 7 nitrogen and oxygen atoms in total. The van der Waals surface area contributed by atoms with Crippen molar-refractivity contribution in [2.45, 2.75) is 64.4 Å². The molecule has 1 aromatic rings. The molecule has 1 saturated heterocycles. The second-order valence-electron chi connectivity index (χ2n) is 9.96. The summed E-state index contributed by atoms with van der Waals surface area (Å²) >= 11 is 0. The Balaban J connectivity index is 1.84. The number of fused-ring (bicyclic) bond motifs is 1. The first kappa shape index (κ1) is 27.4. The predicted molar refractivity (Wildman–Crippen MR) is 132 cm³/mol. The number of aryl methyl sites for hydroxylation is 1. The highest BCUT2D eigenvalue weighted by Crippen LogP contribution is 2.48. The second-order valence-corrected chi connectivity index (χ2v) is 9.96. The molecule has 2 atom stereocenters. The molecule has 1 aliphatic carbocycles. The lowest BCUT2D eigenvalue weighted by atomic mass is 9.65. The number of amides is 1. The summed E-state index contributed by atoms with van der Waals surface area (Å²) in [5, 5.41) is 0. The minimum atomic E-state index is -0.690. The SMILES string of the molecule is CCN(CCCC(=O)OC)CC[C@@]1(OC(=O)N2CCOCC2)CCc2cc(F)ccc2[C@@H]1C(C)C. The third-order valence-electron chi connectivity index (χ3n) is 7.43. The average Bonchev–Trinajstić information content (AvgIpc) is 2.86. The lowest BCUT2D eigenvalue weighted by Crippen LogP contribution is -2.52. The molecule has 1 aromatic carbocycles. The first-order valence-electron chi connectivity index (χ1n) is 12.9. The molecule has 2 aliphatic rings. The van der Waals surface area contributed by atoms with E-state index in [1.54, 1.807) is 11.0 Å². The van der Waals surface area contributed by atoms with E-state index in [1.807, 2.05) is 6.07 Å². The number of rotatable bonds is 10. The average molecular weight is 493 g/mol. The summed E-state index contributed by atoms with van der Waals surface area (Å²) in [5.74, 6) is -0.267. The van der Waals surface area contributed by atoms with Crippen molar-refractivity contribution in [3.05, 3.63) is 35.1 Å². The number of esters is 1. The standard InChI is InChI=1S/C27H41FN2O5/c1-5-29(13-6-7-24(31)33-4)14-12-27(35-26(32)30-15-17-34-18-16-30)11-10-21-19-22(28)8-9-23(21)25(27)20(2)3/h8-9,19-20,25H,5-7,10-18H2,1-4H3/t25-,27-/m0/s1. The summed E-state index contributed by atoms with van der Waals surface area (Å²) in [7, 11) is 1.41. The lowest BCUT2D eigenvalue weighted by molar-refractivity contribution is -0.140. The fourth-order valence-electron chi connectivity index (χ4n) is 5.60. The molecule has 0 N–H and O–H groups in total. The van der Waals surface area contributed by atoms with Crippen LogP contribution >= 0.6 is 0 Å². The Morgan fingerprint density at radius 2 is 2.00 bits per heavy atom. The van der Waals surface area contributed by atoms with Crippen LogP contribution in [0.5, 0.6) is 0 Å². The monoisotopic (exact) mass is 492 g/mol. The number of morpholine rings is 1. The van der Waals surface area contributed by atoms with E-state index in [9.17, 15) is 14.0 Å². The van der Waals surface area contributed by atoms with Crippen molar-refractivity contribution in [1.82, 2.24) is 9.80 Å². The van der Waals surface area contributed by atoms with Crippen LogP contribution in [-0.4, -0.2) is 80.5 Å². The molecule has 35 heavy (non-hydrogen) atoms. The molecule has 196 valence electrons. The van der Waals surface area contributed by atoms with Gasteiger partial charge in [0, 0.05) is 38.4 Å². The van der Waals surface area contributed by atoms with Crippen molar-refractivity contribution in [2.75, 3.05) is 53.0 Å². The van der Waals surface area contributed by atoms with Crippen molar-refractivity contribution in [3.63, 3.8) is 0 Å². The number of hydrogen-bond donors (Lipinski definition) is 0. The van der Waals surface area contributed by atoms with E-state index in [4.69, 9.17) is 14.2 Å². The van der Waals surface area contributed by atoms with Gasteiger partial charge in [0.15, 0.2) is 0 Å². The molecule has 1 amide bonds. The molecule has 0 saturated carbocycles. The number of carbonyl (C=O) groups is 2. The molecular weight excluding hydrogens is 451 g/mol. The van der Waals surface area contributed by atoms with Crippen molar-refractivity contribution >= 4 is 12.1 Å². The first-order chi connectivity index (χ1) is 16.8. The summed E-state index contributed by atoms with van der Waals surface area (Å²) in [5.41, 5.74) is 1.40. The molecule has 0 radical (unpaired) electrons. The molecule has 0 aromatic heterocycles. The zero-order valence-electron chi connectivity index (χ0n) is 21.7. The van der Waals surface area contributed by atoms with Crippen LogP contribution in [0.15, 0.2) is 18.2 Å². The van der Waals surface area contributed by atoms with E-state index in [0.717, 1.165) is 37.2 Å². The summed E-state index contributed by atoms with van der Waals surface area (Å²) in [6.45, 7) is 10.8. The van der Waals surface area contributed by atoms with Crippen LogP contribution in [0.1, 0.15) is 63.5 Å². The highest BCUT2D eigenvalue weighted by Gasteiger charge is 2.48. The van der Waals surface area contributed by atoms with E-state index < -0.39 is 5.60 Å². The number of hydrogen-bond acceptors (Lipinski definition) is 6. The van der Waals surface area contributed by atoms with Gasteiger partial charge in [-0.3, -0.25) is 4.79 Å². The summed E-state index contributed by atoms with van der Waals surface area (Å²) in [6.07, 6.45) is 2.81. The topological polar surface area (TPSA) is 68.3 Å². The number of nitrogens with zero attached hydrogens (tertiary/aromatic N) is 2. The van der Waals surface area contributed by atoms with Gasteiger partial charge in [-0.05, 0) is 61.5 Å². The van der Waals surface area contributed by atoms with Crippen LogP contribution in [0.3, 0.4) is 0 Å². The summed E-state index contributed by atoms with van der Waals surface area (Å²) in [6, 6.07) is 5.02. The van der Waals surface area contributed by atoms with E-state index in [-0.39, 0.29) is 29.7 Å². The van der Waals surface area contributed by atoms with E-state index in [0.29, 0.717) is 52.0 Å². The van der Waals surface area contributed by atoms with Crippen molar-refractivity contribution in [2.24, 2.45) is 5.92 Å². The van der Waals surface area contributed by atoms with Crippen molar-refractivity contribution in [3.8, 4) is 0 Å². The number of halogens is 1. The van der Waals surface area contributed by atoms with E-state index in [1.165, 1.54) is 13.2 Å². The Labute approximate surface area is 208 Å². The number of benzene rings is 1. The van der Waals surface area contributed by atoms with Crippen LogP contribution in [0.25, 0.3) is 0 Å². The van der Waals surface area contributed by atoms with Gasteiger partial charge in [0.1, 0.15) is 11.4 Å². The van der Waals surface area contributed by atoms with Gasteiger partial charge in [-0.15, -0.1) is 0 Å². The van der Waals surface area contributed by atoms with Crippen LogP contribution in [0.4, 0.5) is 9.18 Å². The summed E-state index contributed by atoms with van der Waals surface area (Å²) in [4.78, 5) is 28.9. The number of ether oxygens (including phenoxy) is 3. The molecule has 1 aliphatic heterocycles. The normalized spacial score (nSPS) is 22.3. The van der Waals surface area contributed by atoms with Gasteiger partial charge in [0.05, 0.1) is 20.3 Å². The molecule has 1 heterocycles. The van der Waals surface area contributed by atoms with Gasteiger partial charge < -0.3 is 24.0 Å². The fourth-order valence-corrected chi connectivity index (χ4v) is 5.60. The van der Waals surface area contributed by atoms with Crippen molar-refractivity contribution < 1.29 is 28.2 Å². The van der Waals surface area contributed by atoms with Gasteiger partial charge in [-0.1, -0.05) is 26.8 Å². The number of methoxy groups -OCH3 is 1. The molecule has 3 rings (SSSR count). The Morgan fingerprint density at radius 3 is 2.66 bits per heavy atom. The Bertz CT molecular complexity index is 858. The van der Waals surface area contributed by atoms with Crippen LogP contribution in [-0.2, 0) is 25.4 Å². The van der Waals surface area contributed by atoms with E-state index >= 15 is 0 Å². The van der Waals surface area contributed by atoms with Crippen LogP contribution in [0, 0.1) is 11.7 Å². The third-order valence-corrected chi connectivity index (χ3v) is 7.43. The van der Waals surface area contributed by atoms with Gasteiger partial charge in [0.2, 0.25) is 0 Å². The Morgan fingerprint density at radius 1 is 1.26 bits per heavy atom. The third kappa shape index (κ3) is 6.94. The highest BCUT2D eigenvalue weighted by atomic mass is 19.1. The minimum absolute atomic E-state index is 0.0365. The smallest absolute Gasteiger partial charge is 0.410 e. The summed E-state index contributed by atoms with van der Waals surface area (Å²) < 4.78 is 30.7. The van der Waals surface area contributed by atoms with Gasteiger partial charge >= 0.3 is 12.1 Å². The van der Waals surface area contributed by atoms with Gasteiger partial charge in [-0.2, -0.15) is 0 Å². The lowest BCUT2D eigenvalue weighted by Gasteiger charge is -2.48. The quantitative estimate of drug-likeness (QED) is 0.452. The molecule has 8 heteroatoms. The second kappa shape index (κ2) is 12.7. The maximum Gasteiger partial charge on any atom is 0.410 e. The minimum Gasteiger partial charge on any atom is -0.469 e. The molecule has 1 fully saturated rings. The van der Waals surface area contributed by atoms with Crippen molar-refractivity contribution in [1.29, 1.82) is 0 Å². The van der Waals surface area contributed by atoms with E-state index in [2.05, 4.69) is 25.7 Å². The van der Waals surface area contributed by atoms with Gasteiger partial charge in [-0.25, -0.2) is 9.18 Å². The Hall–Kier alpha value is -2.19. The molecular formula is C27H41FN2O5. The zero-order chi connectivity index (χ0) is 25.4. The molecule has 0 unspecified atom stereocenters. The largest absolute Gasteiger partial charge is 0.469 e. The Kier molecular flexibility index (Phi) is 9.92. The molecule has 0 spiro atoms. The van der Waals surface area contributed by atoms with Gasteiger partial charge in [0.25, 0.3) is 0 Å². The maximum atomic E-state index is 14.0. The highest BCUT2D eigenvalue weighted by molar-refractivity contribution is 5.69. The molecule has 0 bridgehead atoms. The maximum absolute atomic E-state index is 14.0. The fraction of sp³-hybridized carbons (Fsp3) is 0.704. The zero-order valence-corrected chi connectivity index (χ0v) is 21.7.